The summed E-state index contributed by atoms with van der Waals surface area (Å²) in [6.07, 6.45) is -2.44. The lowest BCUT2D eigenvalue weighted by atomic mass is 10.0. The highest BCUT2D eigenvalue weighted by atomic mass is 32.2. The molecule has 0 amide bonds. The van der Waals surface area contributed by atoms with Gasteiger partial charge in [-0.25, -0.2) is 0 Å². The van der Waals surface area contributed by atoms with E-state index >= 15 is 0 Å². The maximum atomic E-state index is 12.8. The summed E-state index contributed by atoms with van der Waals surface area (Å²) in [5, 5.41) is 0. The predicted octanol–water partition coefficient (Wildman–Crippen LogP) is 2.01. The van der Waals surface area contributed by atoms with Gasteiger partial charge in [-0.05, 0) is 11.6 Å². The van der Waals surface area contributed by atoms with Gasteiger partial charge in [0, 0.05) is 5.56 Å². The number of nitrogens with two attached hydrogens (primary N) is 1. The number of hydrogen-bond acceptors (Lipinski definition) is 7. The molecule has 3 rings (SSSR count). The van der Waals surface area contributed by atoms with Gasteiger partial charge >= 0.3 is 10.1 Å². The van der Waals surface area contributed by atoms with Crippen LogP contribution in [0.2, 0.25) is 0 Å². The first kappa shape index (κ1) is 14.2. The van der Waals surface area contributed by atoms with E-state index in [1.165, 1.54) is 49.6 Å². The van der Waals surface area contributed by atoms with Crippen LogP contribution in [0.15, 0.2) is 66.2 Å². The zero-order valence-corrected chi connectivity index (χ0v) is 14.4. The molecule has 2 N–H and O–H groups in total. The van der Waals surface area contributed by atoms with Crippen molar-refractivity contribution >= 4 is 15.9 Å². The van der Waals surface area contributed by atoms with Crippen LogP contribution in [0.1, 0.15) is 21.3 Å². The number of carbonyl (C=O) groups is 1. The van der Waals surface area contributed by atoms with Gasteiger partial charge in [-0.3, -0.25) is 4.79 Å². The van der Waals surface area contributed by atoms with Crippen LogP contribution in [0.5, 0.6) is 5.75 Å². The molecule has 136 valence electrons. The van der Waals surface area contributed by atoms with Gasteiger partial charge in [-0.2, -0.15) is 8.42 Å². The predicted molar refractivity (Wildman–Crippen MR) is 93.2 cm³/mol. The second kappa shape index (κ2) is 7.09. The van der Waals surface area contributed by atoms with Crippen molar-refractivity contribution in [2.45, 2.75) is 11.8 Å². The molecule has 0 bridgehead atoms. The van der Waals surface area contributed by atoms with Crippen molar-refractivity contribution in [3.05, 3.63) is 77.4 Å². The van der Waals surface area contributed by atoms with Crippen LogP contribution in [0.3, 0.4) is 0 Å². The zero-order valence-electron chi connectivity index (χ0n) is 16.6. The Balaban J connectivity index is 1.96. The van der Waals surface area contributed by atoms with Crippen LogP contribution in [0.4, 0.5) is 0 Å². The van der Waals surface area contributed by atoms with Gasteiger partial charge in [0.15, 0.2) is 6.08 Å². The van der Waals surface area contributed by atoms with Gasteiger partial charge in [0.2, 0.25) is 17.4 Å². The van der Waals surface area contributed by atoms with Gasteiger partial charge in [0.1, 0.15) is 11.5 Å². The van der Waals surface area contributed by atoms with Gasteiger partial charge in [0.05, 0.1) is 11.2 Å². The van der Waals surface area contributed by atoms with E-state index in [1.807, 2.05) is 0 Å². The molecule has 1 aliphatic rings. The molecule has 2 aromatic carbocycles. The molecule has 0 aliphatic carbocycles. The molecular weight excluding hydrogens is 358 g/mol. The van der Waals surface area contributed by atoms with Crippen LogP contribution >= 0.6 is 0 Å². The normalized spacial score (nSPS) is 22.2. The van der Waals surface area contributed by atoms with Gasteiger partial charge in [-0.15, -0.1) is 0 Å². The van der Waals surface area contributed by atoms with Crippen molar-refractivity contribution in [2.75, 3.05) is 7.11 Å². The second-order valence-corrected chi connectivity index (χ2v) is 6.44. The Morgan fingerprint density at radius 1 is 1.19 bits per heavy atom. The lowest BCUT2D eigenvalue weighted by Crippen LogP contribution is -2.16. The summed E-state index contributed by atoms with van der Waals surface area (Å²) >= 11 is 0. The number of methoxy groups -OCH3 is 1. The van der Waals surface area contributed by atoms with Crippen LogP contribution in [0.25, 0.3) is 0 Å². The van der Waals surface area contributed by atoms with Crippen LogP contribution < -0.4 is 10.5 Å². The largest absolute Gasteiger partial charge is 0.496 e. The summed E-state index contributed by atoms with van der Waals surface area (Å²) in [5.74, 6) is -2.77. The third-order valence-electron chi connectivity index (χ3n) is 3.41. The Morgan fingerprint density at radius 3 is 2.54 bits per heavy atom. The molecular formula is C18H17NO6S. The SMILES string of the molecule is [2H]C([2H])(c1ccccc1)S(=O)(=O)OC1=C(N)O[C@@]([2H])(c2ccccc2OC)C1=O. The molecule has 7 nitrogen and oxygen atoms in total. The van der Waals surface area contributed by atoms with E-state index in [1.54, 1.807) is 12.1 Å². The number of Topliss-reactive ketones (excluding diaryl/α,β-unsaturated/α-hetero) is 1. The average Bonchev–Trinajstić information content (AvgIpc) is 2.92. The van der Waals surface area contributed by atoms with E-state index in [9.17, 15) is 13.2 Å². The summed E-state index contributed by atoms with van der Waals surface area (Å²) in [7, 11) is -3.70. The Morgan fingerprint density at radius 2 is 1.85 bits per heavy atom. The Kier molecular flexibility index (Phi) is 3.87. The molecule has 1 aliphatic heterocycles. The van der Waals surface area contributed by atoms with E-state index in [2.05, 4.69) is 0 Å². The summed E-state index contributed by atoms with van der Waals surface area (Å²) in [6, 6.07) is 13.0. The minimum absolute atomic E-state index is 0.0162. The topological polar surface area (TPSA) is 105 Å². The third kappa shape index (κ3) is 3.65. The maximum absolute atomic E-state index is 12.8. The number of hydrogen-bond donors (Lipinski definition) is 1. The molecule has 1 atom stereocenters. The fraction of sp³-hybridized carbons (Fsp3) is 0.167. The van der Waals surface area contributed by atoms with E-state index < -0.39 is 39.3 Å². The van der Waals surface area contributed by atoms with Crippen LogP contribution in [-0.2, 0) is 29.5 Å². The molecule has 0 spiro atoms. The molecule has 2 aromatic rings. The molecule has 0 saturated heterocycles. The lowest BCUT2D eigenvalue weighted by Gasteiger charge is -2.13. The third-order valence-corrected chi connectivity index (χ3v) is 4.28. The monoisotopic (exact) mass is 378 g/mol. The first-order valence-electron chi connectivity index (χ1n) is 8.91. The Hall–Kier alpha value is -3.00. The van der Waals surface area contributed by atoms with Crippen molar-refractivity contribution in [3.63, 3.8) is 0 Å². The molecule has 0 radical (unpaired) electrons. The van der Waals surface area contributed by atoms with Gasteiger partial charge < -0.3 is 19.4 Å². The molecule has 0 saturated carbocycles. The van der Waals surface area contributed by atoms with Crippen molar-refractivity contribution in [1.82, 2.24) is 0 Å². The first-order chi connectivity index (χ1) is 13.5. The van der Waals surface area contributed by atoms with Crippen molar-refractivity contribution in [3.8, 4) is 5.75 Å². The number of rotatable bonds is 6. The number of para-hydroxylation sites is 1. The fourth-order valence-corrected chi connectivity index (χ4v) is 3.13. The van der Waals surface area contributed by atoms with Gasteiger partial charge in [0.25, 0.3) is 0 Å². The number of ether oxygens (including phenoxy) is 2. The molecule has 26 heavy (non-hydrogen) atoms. The summed E-state index contributed by atoms with van der Waals surface area (Å²) in [4.78, 5) is 12.8. The number of ketones is 1. The molecule has 8 heteroatoms. The average molecular weight is 378 g/mol. The van der Waals surface area contributed by atoms with Crippen molar-refractivity contribution < 1.29 is 31.0 Å². The van der Waals surface area contributed by atoms with Crippen molar-refractivity contribution in [1.29, 1.82) is 0 Å². The van der Waals surface area contributed by atoms with E-state index in [0.717, 1.165) is 0 Å². The Bertz CT molecular complexity index is 1090. The van der Waals surface area contributed by atoms with Crippen molar-refractivity contribution in [2.24, 2.45) is 5.73 Å². The van der Waals surface area contributed by atoms with Crippen LogP contribution in [-0.4, -0.2) is 21.3 Å². The minimum Gasteiger partial charge on any atom is -0.496 e. The first-order valence-corrected chi connectivity index (χ1v) is 8.82. The van der Waals surface area contributed by atoms with E-state index in [-0.39, 0.29) is 16.9 Å². The number of benzene rings is 2. The summed E-state index contributed by atoms with van der Waals surface area (Å²) < 4.78 is 64.5. The molecule has 0 aromatic heterocycles. The second-order valence-electron chi connectivity index (χ2n) is 5.16. The minimum atomic E-state index is -5.03. The molecule has 0 unspecified atom stereocenters. The quantitative estimate of drug-likeness (QED) is 0.767. The Labute approximate surface area is 155 Å². The maximum Gasteiger partial charge on any atom is 0.313 e. The van der Waals surface area contributed by atoms with Gasteiger partial charge in [-0.1, -0.05) is 48.5 Å². The zero-order chi connectivity index (χ0) is 21.4. The lowest BCUT2D eigenvalue weighted by molar-refractivity contribution is -0.123. The summed E-state index contributed by atoms with van der Waals surface area (Å²) in [6.45, 7) is 0. The highest BCUT2D eigenvalue weighted by Gasteiger charge is 2.40. The molecule has 0 fully saturated rings. The standard InChI is InChI=1S/C18H17NO6S/c1-23-14-10-6-5-9-13(14)16-15(20)17(18(19)24-16)25-26(21,22)11-12-7-3-2-4-8-12/h2-10,16H,11,19H2,1H3/t16-/m0/s1/i11D2,16D. The smallest absolute Gasteiger partial charge is 0.313 e. The summed E-state index contributed by atoms with van der Waals surface area (Å²) in [5.41, 5.74) is 2.42. The van der Waals surface area contributed by atoms with Crippen LogP contribution in [0, 0.1) is 0 Å². The van der Waals surface area contributed by atoms with E-state index in [0.29, 0.717) is 0 Å². The highest BCUT2D eigenvalue weighted by Crippen LogP contribution is 2.36. The fourth-order valence-electron chi connectivity index (χ4n) is 2.29. The van der Waals surface area contributed by atoms with E-state index in [4.69, 9.17) is 23.5 Å². The highest BCUT2D eigenvalue weighted by molar-refractivity contribution is 7.86. The molecule has 1 heterocycles. The number of carbonyl (C=O) groups excluding carboxylic acids is 1.